The van der Waals surface area contributed by atoms with Crippen molar-refractivity contribution in [1.29, 1.82) is 0 Å². The summed E-state index contributed by atoms with van der Waals surface area (Å²) in [4.78, 5) is 0. The maximum absolute atomic E-state index is 6.04. The Bertz CT molecular complexity index is 304. The standard InChI is InChI=1S/C11H18N2O/c1-11(2,13)10(12)8-6-4-5-7-9(8)14-3/h4-7,10H,12-13H2,1-3H3. The predicted molar refractivity (Wildman–Crippen MR) is 58.2 cm³/mol. The molecule has 0 saturated carbocycles. The molecule has 0 amide bonds. The first kappa shape index (κ1) is 11.0. The molecule has 3 nitrogen and oxygen atoms in total. The van der Waals surface area contributed by atoms with E-state index in [4.69, 9.17) is 16.2 Å². The quantitative estimate of drug-likeness (QED) is 0.765. The van der Waals surface area contributed by atoms with Crippen molar-refractivity contribution in [2.24, 2.45) is 11.5 Å². The van der Waals surface area contributed by atoms with Crippen LogP contribution in [-0.2, 0) is 0 Å². The minimum Gasteiger partial charge on any atom is -0.496 e. The molecule has 0 heterocycles. The SMILES string of the molecule is COc1ccccc1C(N)C(C)(C)N. The summed E-state index contributed by atoms with van der Waals surface area (Å²) in [7, 11) is 1.63. The minimum atomic E-state index is -0.450. The third-order valence-electron chi connectivity index (χ3n) is 2.28. The van der Waals surface area contributed by atoms with Crippen molar-refractivity contribution in [3.8, 4) is 5.75 Å². The van der Waals surface area contributed by atoms with Crippen LogP contribution in [0.3, 0.4) is 0 Å². The van der Waals surface area contributed by atoms with Gasteiger partial charge in [0.15, 0.2) is 0 Å². The van der Waals surface area contributed by atoms with Crippen LogP contribution in [0.5, 0.6) is 5.75 Å². The summed E-state index contributed by atoms with van der Waals surface area (Å²) < 4.78 is 5.23. The van der Waals surface area contributed by atoms with Crippen LogP contribution in [0.1, 0.15) is 25.5 Å². The third kappa shape index (κ3) is 2.25. The van der Waals surface area contributed by atoms with E-state index in [-0.39, 0.29) is 6.04 Å². The monoisotopic (exact) mass is 194 g/mol. The molecule has 0 fully saturated rings. The fourth-order valence-electron chi connectivity index (χ4n) is 1.32. The second-order valence-corrected chi connectivity index (χ2v) is 4.04. The molecular formula is C11H18N2O. The summed E-state index contributed by atoms with van der Waals surface area (Å²) in [6.45, 7) is 3.81. The maximum atomic E-state index is 6.04. The molecule has 0 aliphatic heterocycles. The highest BCUT2D eigenvalue weighted by atomic mass is 16.5. The summed E-state index contributed by atoms with van der Waals surface area (Å²) in [5.41, 5.74) is 12.5. The molecular weight excluding hydrogens is 176 g/mol. The molecule has 1 aromatic carbocycles. The van der Waals surface area contributed by atoms with E-state index in [0.717, 1.165) is 11.3 Å². The Morgan fingerprint density at radius 1 is 1.29 bits per heavy atom. The highest BCUT2D eigenvalue weighted by molar-refractivity contribution is 5.37. The van der Waals surface area contributed by atoms with Gasteiger partial charge in [0.2, 0.25) is 0 Å². The van der Waals surface area contributed by atoms with Gasteiger partial charge in [-0.25, -0.2) is 0 Å². The van der Waals surface area contributed by atoms with Gasteiger partial charge in [-0.2, -0.15) is 0 Å². The van der Waals surface area contributed by atoms with Crippen LogP contribution in [0.15, 0.2) is 24.3 Å². The maximum Gasteiger partial charge on any atom is 0.123 e. The molecule has 0 aliphatic carbocycles. The first-order valence-corrected chi connectivity index (χ1v) is 4.64. The van der Waals surface area contributed by atoms with Gasteiger partial charge in [0, 0.05) is 11.1 Å². The molecule has 0 aromatic heterocycles. The third-order valence-corrected chi connectivity index (χ3v) is 2.28. The molecule has 0 bridgehead atoms. The molecule has 1 rings (SSSR count). The molecule has 0 aliphatic rings. The molecule has 1 aromatic rings. The van der Waals surface area contributed by atoms with Crippen molar-refractivity contribution in [3.63, 3.8) is 0 Å². The van der Waals surface area contributed by atoms with Crippen molar-refractivity contribution in [2.45, 2.75) is 25.4 Å². The normalized spacial score (nSPS) is 13.8. The Kier molecular flexibility index (Phi) is 3.13. The lowest BCUT2D eigenvalue weighted by Crippen LogP contribution is -2.43. The number of nitrogens with two attached hydrogens (primary N) is 2. The van der Waals surface area contributed by atoms with Crippen LogP contribution < -0.4 is 16.2 Å². The van der Waals surface area contributed by atoms with Crippen LogP contribution in [0.25, 0.3) is 0 Å². The number of ether oxygens (including phenoxy) is 1. The molecule has 14 heavy (non-hydrogen) atoms. The largest absolute Gasteiger partial charge is 0.496 e. The van der Waals surface area contributed by atoms with E-state index in [1.165, 1.54) is 0 Å². The summed E-state index contributed by atoms with van der Waals surface area (Å²) in [5, 5.41) is 0. The highest BCUT2D eigenvalue weighted by Crippen LogP contribution is 2.28. The van der Waals surface area contributed by atoms with Crippen LogP contribution in [-0.4, -0.2) is 12.6 Å². The van der Waals surface area contributed by atoms with Crippen molar-refractivity contribution in [3.05, 3.63) is 29.8 Å². The van der Waals surface area contributed by atoms with E-state index < -0.39 is 5.54 Å². The zero-order valence-corrected chi connectivity index (χ0v) is 8.95. The van der Waals surface area contributed by atoms with Gasteiger partial charge in [-0.15, -0.1) is 0 Å². The van der Waals surface area contributed by atoms with E-state index in [1.807, 2.05) is 38.1 Å². The van der Waals surface area contributed by atoms with Gasteiger partial charge in [-0.3, -0.25) is 0 Å². The smallest absolute Gasteiger partial charge is 0.123 e. The first-order chi connectivity index (χ1) is 6.46. The van der Waals surface area contributed by atoms with Crippen molar-refractivity contribution in [1.82, 2.24) is 0 Å². The number of para-hydroxylation sites is 1. The average Bonchev–Trinajstić information content (AvgIpc) is 2.15. The first-order valence-electron chi connectivity index (χ1n) is 4.64. The van der Waals surface area contributed by atoms with Gasteiger partial charge in [-0.05, 0) is 19.9 Å². The lowest BCUT2D eigenvalue weighted by molar-refractivity contribution is 0.377. The van der Waals surface area contributed by atoms with Crippen LogP contribution >= 0.6 is 0 Å². The summed E-state index contributed by atoms with van der Waals surface area (Å²) >= 11 is 0. The lowest BCUT2D eigenvalue weighted by atomic mass is 9.90. The Morgan fingerprint density at radius 3 is 2.36 bits per heavy atom. The average molecular weight is 194 g/mol. The van der Waals surface area contributed by atoms with E-state index in [2.05, 4.69) is 0 Å². The Balaban J connectivity index is 3.06. The van der Waals surface area contributed by atoms with Gasteiger partial charge >= 0.3 is 0 Å². The minimum absolute atomic E-state index is 0.223. The van der Waals surface area contributed by atoms with E-state index in [0.29, 0.717) is 0 Å². The van der Waals surface area contributed by atoms with Gasteiger partial charge < -0.3 is 16.2 Å². The summed E-state index contributed by atoms with van der Waals surface area (Å²) in [6, 6.07) is 7.46. The van der Waals surface area contributed by atoms with E-state index in [9.17, 15) is 0 Å². The molecule has 0 spiro atoms. The number of hydrogen-bond donors (Lipinski definition) is 2. The second kappa shape index (κ2) is 3.98. The van der Waals surface area contributed by atoms with Gasteiger partial charge in [0.1, 0.15) is 5.75 Å². The number of benzene rings is 1. The zero-order chi connectivity index (χ0) is 10.8. The van der Waals surface area contributed by atoms with Crippen molar-refractivity contribution >= 4 is 0 Å². The van der Waals surface area contributed by atoms with Crippen LogP contribution in [0.2, 0.25) is 0 Å². The molecule has 1 atom stereocenters. The lowest BCUT2D eigenvalue weighted by Gasteiger charge is -2.28. The topological polar surface area (TPSA) is 61.3 Å². The van der Waals surface area contributed by atoms with E-state index >= 15 is 0 Å². The van der Waals surface area contributed by atoms with Crippen LogP contribution in [0, 0.1) is 0 Å². The fraction of sp³-hybridized carbons (Fsp3) is 0.455. The summed E-state index contributed by atoms with van der Waals surface area (Å²) in [5.74, 6) is 0.790. The van der Waals surface area contributed by atoms with Gasteiger partial charge in [0.05, 0.1) is 13.2 Å². The van der Waals surface area contributed by atoms with Crippen molar-refractivity contribution in [2.75, 3.05) is 7.11 Å². The fourth-order valence-corrected chi connectivity index (χ4v) is 1.32. The number of rotatable bonds is 3. The number of hydrogen-bond acceptors (Lipinski definition) is 3. The molecule has 0 saturated heterocycles. The zero-order valence-electron chi connectivity index (χ0n) is 8.95. The molecule has 1 unspecified atom stereocenters. The van der Waals surface area contributed by atoms with E-state index in [1.54, 1.807) is 7.11 Å². The van der Waals surface area contributed by atoms with Crippen molar-refractivity contribution < 1.29 is 4.74 Å². The Morgan fingerprint density at radius 2 is 1.86 bits per heavy atom. The molecule has 3 heteroatoms. The van der Waals surface area contributed by atoms with Gasteiger partial charge in [-0.1, -0.05) is 18.2 Å². The van der Waals surface area contributed by atoms with Crippen LogP contribution in [0.4, 0.5) is 0 Å². The second-order valence-electron chi connectivity index (χ2n) is 4.04. The molecule has 78 valence electrons. The molecule has 4 N–H and O–H groups in total. The highest BCUT2D eigenvalue weighted by Gasteiger charge is 2.24. The predicted octanol–water partition coefficient (Wildman–Crippen LogP) is 1.43. The Labute approximate surface area is 85.0 Å². The molecule has 0 radical (unpaired) electrons. The van der Waals surface area contributed by atoms with Gasteiger partial charge in [0.25, 0.3) is 0 Å². The summed E-state index contributed by atoms with van der Waals surface area (Å²) in [6.07, 6.45) is 0. The Hall–Kier alpha value is -1.06. The number of methoxy groups -OCH3 is 1.